The summed E-state index contributed by atoms with van der Waals surface area (Å²) in [6.45, 7) is 2.46. The topological polar surface area (TPSA) is 73.8 Å². The highest BCUT2D eigenvalue weighted by Crippen LogP contribution is 2.20. The highest BCUT2D eigenvalue weighted by atomic mass is 16.6. The molecule has 0 aliphatic carbocycles. The molecule has 0 bridgehead atoms. The molecular weight excluding hydrogens is 322 g/mol. The number of ether oxygens (including phenoxy) is 3. The molecule has 2 aromatic rings. The van der Waals surface area contributed by atoms with Gasteiger partial charge in [-0.1, -0.05) is 12.1 Å². The van der Waals surface area contributed by atoms with E-state index in [9.17, 15) is 4.79 Å². The number of rotatable bonds is 3. The average Bonchev–Trinajstić information content (AvgIpc) is 3.11. The maximum atomic E-state index is 12.3. The van der Waals surface area contributed by atoms with E-state index in [-0.39, 0.29) is 18.3 Å². The number of aromatic nitrogens is 2. The number of amides is 1. The molecule has 25 heavy (non-hydrogen) atoms. The van der Waals surface area contributed by atoms with Gasteiger partial charge < -0.3 is 19.1 Å². The summed E-state index contributed by atoms with van der Waals surface area (Å²) in [5.74, 6) is 0.489. The lowest BCUT2D eigenvalue weighted by Gasteiger charge is -2.25. The van der Waals surface area contributed by atoms with Crippen molar-refractivity contribution < 1.29 is 19.0 Å². The monoisotopic (exact) mass is 343 g/mol. The number of nitrogens with zero attached hydrogens (tertiary/aromatic N) is 3. The Hall–Kier alpha value is -2.41. The molecule has 0 spiro atoms. The number of carbonyl (C=O) groups excluding carboxylic acids is 1. The summed E-state index contributed by atoms with van der Waals surface area (Å²) in [4.78, 5) is 22.8. The van der Waals surface area contributed by atoms with Gasteiger partial charge >= 0.3 is 6.09 Å². The van der Waals surface area contributed by atoms with Crippen molar-refractivity contribution in [3.05, 3.63) is 30.5 Å². The molecule has 0 radical (unpaired) electrons. The van der Waals surface area contributed by atoms with Gasteiger partial charge in [0.05, 0.1) is 37.0 Å². The summed E-state index contributed by atoms with van der Waals surface area (Å²) >= 11 is 0. The zero-order valence-electron chi connectivity index (χ0n) is 14.0. The van der Waals surface area contributed by atoms with Crippen molar-refractivity contribution in [2.45, 2.75) is 31.5 Å². The second kappa shape index (κ2) is 7.23. The third kappa shape index (κ3) is 3.82. The fourth-order valence-corrected chi connectivity index (χ4v) is 3.17. The second-order valence-electron chi connectivity index (χ2n) is 6.37. The highest BCUT2D eigenvalue weighted by Gasteiger charge is 2.30. The van der Waals surface area contributed by atoms with Crippen molar-refractivity contribution in [2.75, 3.05) is 26.3 Å². The molecule has 0 saturated carbocycles. The molecule has 1 atom stereocenters. The first kappa shape index (κ1) is 16.1. The number of likely N-dealkylation sites (tertiary alicyclic amines) is 1. The minimum absolute atomic E-state index is 0.0347. The second-order valence-corrected chi connectivity index (χ2v) is 6.37. The first-order valence-corrected chi connectivity index (χ1v) is 8.70. The molecule has 2 aliphatic heterocycles. The van der Waals surface area contributed by atoms with E-state index in [1.54, 1.807) is 11.1 Å². The third-order valence-electron chi connectivity index (χ3n) is 4.55. The van der Waals surface area contributed by atoms with Crippen molar-refractivity contribution in [3.63, 3.8) is 0 Å². The molecule has 1 aromatic carbocycles. The lowest BCUT2D eigenvalue weighted by Crippen LogP contribution is -2.36. The van der Waals surface area contributed by atoms with Crippen molar-refractivity contribution in [3.8, 4) is 5.88 Å². The molecular formula is C18H21N3O4. The van der Waals surface area contributed by atoms with Gasteiger partial charge in [0.25, 0.3) is 0 Å². The van der Waals surface area contributed by atoms with Crippen molar-refractivity contribution >= 4 is 17.1 Å². The predicted octanol–water partition coefficient (Wildman–Crippen LogP) is 2.40. The Balaban J connectivity index is 1.32. The summed E-state index contributed by atoms with van der Waals surface area (Å²) in [5, 5.41) is 0. The van der Waals surface area contributed by atoms with Crippen molar-refractivity contribution in [1.82, 2.24) is 14.9 Å². The molecule has 0 N–H and O–H groups in total. The van der Waals surface area contributed by atoms with Gasteiger partial charge in [-0.25, -0.2) is 14.8 Å². The largest absolute Gasteiger partial charge is 0.471 e. The first-order valence-electron chi connectivity index (χ1n) is 8.70. The summed E-state index contributed by atoms with van der Waals surface area (Å²) in [6, 6.07) is 7.66. The van der Waals surface area contributed by atoms with Crippen LogP contribution in [-0.4, -0.2) is 59.5 Å². The van der Waals surface area contributed by atoms with Crippen LogP contribution in [0.5, 0.6) is 5.88 Å². The molecule has 2 saturated heterocycles. The van der Waals surface area contributed by atoms with Crippen LogP contribution >= 0.6 is 0 Å². The first-order chi connectivity index (χ1) is 12.3. The van der Waals surface area contributed by atoms with Crippen LogP contribution in [0.1, 0.15) is 19.3 Å². The minimum atomic E-state index is -0.261. The van der Waals surface area contributed by atoms with Crippen molar-refractivity contribution in [2.24, 2.45) is 0 Å². The van der Waals surface area contributed by atoms with Crippen LogP contribution in [0.4, 0.5) is 4.79 Å². The SMILES string of the molecule is O=C(OC1CCOCC1)N1CCC(Oc2cnc3ccccc3n2)C1. The Labute approximate surface area is 145 Å². The van der Waals surface area contributed by atoms with Gasteiger partial charge in [-0.05, 0) is 12.1 Å². The molecule has 7 nitrogen and oxygen atoms in total. The molecule has 4 rings (SSSR count). The standard InChI is InChI=1S/C18H21N3O4/c22-18(25-13-6-9-23-10-7-13)21-8-5-14(12-21)24-17-11-19-15-3-1-2-4-16(15)20-17/h1-4,11,13-14H,5-10,12H2. The highest BCUT2D eigenvalue weighted by molar-refractivity contribution is 5.74. The number of hydrogen-bond donors (Lipinski definition) is 0. The quantitative estimate of drug-likeness (QED) is 0.852. The van der Waals surface area contributed by atoms with Gasteiger partial charge in [0, 0.05) is 25.8 Å². The summed E-state index contributed by atoms with van der Waals surface area (Å²) in [5.41, 5.74) is 1.64. The molecule has 2 fully saturated rings. The Bertz CT molecular complexity index is 748. The molecule has 1 unspecified atom stereocenters. The van der Waals surface area contributed by atoms with Gasteiger partial charge in [0.1, 0.15) is 12.2 Å². The van der Waals surface area contributed by atoms with Gasteiger partial charge in [-0.15, -0.1) is 0 Å². The van der Waals surface area contributed by atoms with Crippen LogP contribution < -0.4 is 4.74 Å². The number of fused-ring (bicyclic) bond motifs is 1. The fourth-order valence-electron chi connectivity index (χ4n) is 3.17. The predicted molar refractivity (Wildman–Crippen MR) is 90.5 cm³/mol. The van der Waals surface area contributed by atoms with Crippen LogP contribution in [0.3, 0.4) is 0 Å². The summed E-state index contributed by atoms with van der Waals surface area (Å²) in [7, 11) is 0. The van der Waals surface area contributed by atoms with Crippen LogP contribution in [-0.2, 0) is 9.47 Å². The zero-order valence-corrected chi connectivity index (χ0v) is 14.0. The lowest BCUT2D eigenvalue weighted by molar-refractivity contribution is -0.00898. The Morgan fingerprint density at radius 2 is 1.92 bits per heavy atom. The Morgan fingerprint density at radius 3 is 2.76 bits per heavy atom. The van der Waals surface area contributed by atoms with E-state index in [0.717, 1.165) is 30.3 Å². The number of para-hydroxylation sites is 2. The van der Waals surface area contributed by atoms with Gasteiger partial charge in [-0.2, -0.15) is 0 Å². The molecule has 3 heterocycles. The van der Waals surface area contributed by atoms with E-state index < -0.39 is 0 Å². The van der Waals surface area contributed by atoms with E-state index in [2.05, 4.69) is 9.97 Å². The minimum Gasteiger partial charge on any atom is -0.471 e. The zero-order chi connectivity index (χ0) is 17.1. The molecule has 1 aromatic heterocycles. The van der Waals surface area contributed by atoms with Crippen LogP contribution in [0, 0.1) is 0 Å². The number of benzene rings is 1. The van der Waals surface area contributed by atoms with E-state index in [0.29, 0.717) is 32.2 Å². The maximum absolute atomic E-state index is 12.3. The summed E-state index contributed by atoms with van der Waals surface area (Å²) in [6.07, 6.45) is 3.55. The molecule has 7 heteroatoms. The lowest BCUT2D eigenvalue weighted by atomic mass is 10.2. The number of hydrogen-bond acceptors (Lipinski definition) is 6. The molecule has 132 valence electrons. The van der Waals surface area contributed by atoms with Crippen molar-refractivity contribution in [1.29, 1.82) is 0 Å². The fraction of sp³-hybridized carbons (Fsp3) is 0.500. The van der Waals surface area contributed by atoms with Crippen LogP contribution in [0.25, 0.3) is 11.0 Å². The van der Waals surface area contributed by atoms with Crippen LogP contribution in [0.2, 0.25) is 0 Å². The molecule has 2 aliphatic rings. The van der Waals surface area contributed by atoms with Crippen LogP contribution in [0.15, 0.2) is 30.5 Å². The van der Waals surface area contributed by atoms with E-state index in [1.165, 1.54) is 0 Å². The van der Waals surface area contributed by atoms with E-state index in [4.69, 9.17) is 14.2 Å². The van der Waals surface area contributed by atoms with E-state index >= 15 is 0 Å². The molecule has 1 amide bonds. The maximum Gasteiger partial charge on any atom is 0.410 e. The summed E-state index contributed by atoms with van der Waals surface area (Å²) < 4.78 is 16.7. The Morgan fingerprint density at radius 1 is 1.12 bits per heavy atom. The third-order valence-corrected chi connectivity index (χ3v) is 4.55. The average molecular weight is 343 g/mol. The van der Waals surface area contributed by atoms with Gasteiger partial charge in [0.2, 0.25) is 5.88 Å². The normalized spacial score (nSPS) is 21.4. The Kier molecular flexibility index (Phi) is 4.65. The van der Waals surface area contributed by atoms with Gasteiger partial charge in [-0.3, -0.25) is 0 Å². The van der Waals surface area contributed by atoms with Gasteiger partial charge in [0.15, 0.2) is 0 Å². The van der Waals surface area contributed by atoms with E-state index in [1.807, 2.05) is 24.3 Å². The number of carbonyl (C=O) groups is 1. The smallest absolute Gasteiger partial charge is 0.410 e.